The van der Waals surface area contributed by atoms with E-state index in [1.165, 1.54) is 95.7 Å². The minimum atomic E-state index is -1.47. The van der Waals surface area contributed by atoms with Crippen molar-refractivity contribution in [1.29, 1.82) is 0 Å². The molecule has 0 unspecified atom stereocenters. The van der Waals surface area contributed by atoms with Crippen molar-refractivity contribution in [3.63, 3.8) is 0 Å². The Morgan fingerprint density at radius 1 is 0.914 bits per heavy atom. The predicted octanol–water partition coefficient (Wildman–Crippen LogP) is 4.10. The SMILES string of the molecule is CCCCCCCCCCCCCCCCCCN[C@]1(CO)O[C@@H](c2cc[nH]c(=O)n2)[C@@H](O)[C@@H]1O. The van der Waals surface area contributed by atoms with Crippen LogP contribution < -0.4 is 11.0 Å². The molecule has 1 aliphatic rings. The molecule has 1 fully saturated rings. The molecule has 1 aliphatic heterocycles. The van der Waals surface area contributed by atoms with Crippen LogP contribution in [0.5, 0.6) is 0 Å². The lowest BCUT2D eigenvalue weighted by molar-refractivity contribution is -0.134. The van der Waals surface area contributed by atoms with Gasteiger partial charge in [-0.2, -0.15) is 4.98 Å². The zero-order chi connectivity index (χ0) is 25.4. The fraction of sp³-hybridized carbons (Fsp3) is 0.852. The van der Waals surface area contributed by atoms with Gasteiger partial charge in [0.25, 0.3) is 0 Å². The standard InChI is InChI=1S/C27H49N3O5/c1-2-3-4-5-6-7-8-9-10-11-12-13-14-15-16-17-19-29-27(21-31)25(33)23(32)24(35-27)22-18-20-28-26(34)30-22/h18,20,23-25,29,31-33H,2-17,19,21H2,1H3,(H,28,30,34)/t23-,24+,25+,27-/m1/s1. The highest BCUT2D eigenvalue weighted by atomic mass is 16.6. The second-order valence-corrected chi connectivity index (χ2v) is 10.1. The molecule has 0 aliphatic carbocycles. The molecular weight excluding hydrogens is 446 g/mol. The van der Waals surface area contributed by atoms with Crippen LogP contribution in [-0.4, -0.2) is 56.4 Å². The molecule has 8 heteroatoms. The Morgan fingerprint density at radius 3 is 1.91 bits per heavy atom. The van der Waals surface area contributed by atoms with E-state index in [9.17, 15) is 20.1 Å². The number of hydrogen-bond acceptors (Lipinski definition) is 7. The Morgan fingerprint density at radius 2 is 1.43 bits per heavy atom. The van der Waals surface area contributed by atoms with Crippen LogP contribution in [-0.2, 0) is 4.74 Å². The summed E-state index contributed by atoms with van der Waals surface area (Å²) in [4.78, 5) is 17.7. The Labute approximate surface area is 210 Å². The molecule has 5 N–H and O–H groups in total. The topological polar surface area (TPSA) is 128 Å². The molecule has 0 saturated carbocycles. The molecule has 0 bridgehead atoms. The first-order valence-electron chi connectivity index (χ1n) is 14.0. The van der Waals surface area contributed by atoms with E-state index in [1.54, 1.807) is 0 Å². The first-order chi connectivity index (χ1) is 17.0. The van der Waals surface area contributed by atoms with Crippen molar-refractivity contribution in [2.45, 2.75) is 134 Å². The van der Waals surface area contributed by atoms with Crippen LogP contribution in [0.2, 0.25) is 0 Å². The molecule has 2 rings (SSSR count). The van der Waals surface area contributed by atoms with Crippen LogP contribution in [0.25, 0.3) is 0 Å². The predicted molar refractivity (Wildman–Crippen MR) is 138 cm³/mol. The third kappa shape index (κ3) is 10.3. The smallest absolute Gasteiger partial charge is 0.345 e. The van der Waals surface area contributed by atoms with Gasteiger partial charge in [0.15, 0.2) is 5.72 Å². The van der Waals surface area contributed by atoms with Crippen molar-refractivity contribution >= 4 is 0 Å². The van der Waals surface area contributed by atoms with Crippen LogP contribution in [0.15, 0.2) is 17.1 Å². The van der Waals surface area contributed by atoms with Gasteiger partial charge in [-0.05, 0) is 19.0 Å². The summed E-state index contributed by atoms with van der Waals surface area (Å²) in [5, 5.41) is 34.0. The Hall–Kier alpha value is -1.32. The molecule has 8 nitrogen and oxygen atoms in total. The molecule has 4 atom stereocenters. The molecule has 0 spiro atoms. The molecule has 1 aromatic heterocycles. The first kappa shape index (κ1) is 29.9. The second kappa shape index (κ2) is 17.2. The maximum atomic E-state index is 11.5. The lowest BCUT2D eigenvalue weighted by Crippen LogP contribution is -2.57. The molecule has 0 radical (unpaired) electrons. The summed E-state index contributed by atoms with van der Waals surface area (Å²) in [6, 6.07) is 1.52. The number of rotatable bonds is 20. The second-order valence-electron chi connectivity index (χ2n) is 10.1. The van der Waals surface area contributed by atoms with E-state index in [4.69, 9.17) is 4.74 Å². The van der Waals surface area contributed by atoms with E-state index in [0.717, 1.165) is 19.3 Å². The van der Waals surface area contributed by atoms with E-state index in [0.29, 0.717) is 6.54 Å². The van der Waals surface area contributed by atoms with Gasteiger partial charge in [-0.3, -0.25) is 5.32 Å². The molecule has 202 valence electrons. The number of aliphatic hydroxyl groups is 3. The maximum absolute atomic E-state index is 11.5. The summed E-state index contributed by atoms with van der Waals surface area (Å²) < 4.78 is 5.82. The quantitative estimate of drug-likeness (QED) is 0.172. The van der Waals surface area contributed by atoms with Gasteiger partial charge in [-0.15, -0.1) is 0 Å². The van der Waals surface area contributed by atoms with Crippen LogP contribution >= 0.6 is 0 Å². The number of aromatic nitrogens is 2. The summed E-state index contributed by atoms with van der Waals surface area (Å²) in [5.41, 5.74) is -1.81. The molecule has 1 aromatic rings. The Balaban J connectivity index is 1.50. The van der Waals surface area contributed by atoms with Gasteiger partial charge in [0.05, 0.1) is 12.3 Å². The molecule has 0 amide bonds. The third-order valence-corrected chi connectivity index (χ3v) is 7.12. The minimum Gasteiger partial charge on any atom is -0.392 e. The summed E-state index contributed by atoms with van der Waals surface area (Å²) >= 11 is 0. The molecule has 35 heavy (non-hydrogen) atoms. The fourth-order valence-corrected chi connectivity index (χ4v) is 4.89. The normalized spacial score (nSPS) is 24.3. The molecule has 2 heterocycles. The fourth-order valence-electron chi connectivity index (χ4n) is 4.89. The van der Waals surface area contributed by atoms with Crippen molar-refractivity contribution in [2.24, 2.45) is 0 Å². The van der Waals surface area contributed by atoms with Crippen molar-refractivity contribution in [1.82, 2.24) is 15.3 Å². The van der Waals surface area contributed by atoms with Gasteiger partial charge in [-0.25, -0.2) is 4.79 Å². The van der Waals surface area contributed by atoms with Crippen LogP contribution in [0, 0.1) is 0 Å². The highest BCUT2D eigenvalue weighted by Crippen LogP contribution is 2.37. The van der Waals surface area contributed by atoms with Gasteiger partial charge >= 0.3 is 5.69 Å². The lowest BCUT2D eigenvalue weighted by atomic mass is 10.0. The van der Waals surface area contributed by atoms with Gasteiger partial charge in [0, 0.05) is 6.20 Å². The van der Waals surface area contributed by atoms with E-state index in [1.807, 2.05) is 0 Å². The van der Waals surface area contributed by atoms with Crippen LogP contribution in [0.1, 0.15) is 121 Å². The lowest BCUT2D eigenvalue weighted by Gasteiger charge is -2.31. The van der Waals surface area contributed by atoms with Gasteiger partial charge in [0.1, 0.15) is 18.3 Å². The number of nitrogens with one attached hydrogen (secondary N) is 2. The van der Waals surface area contributed by atoms with Gasteiger partial charge in [-0.1, -0.05) is 103 Å². The van der Waals surface area contributed by atoms with E-state index in [2.05, 4.69) is 22.2 Å². The van der Waals surface area contributed by atoms with E-state index >= 15 is 0 Å². The number of ether oxygens (including phenoxy) is 1. The third-order valence-electron chi connectivity index (χ3n) is 7.12. The monoisotopic (exact) mass is 495 g/mol. The average Bonchev–Trinajstić information content (AvgIpc) is 3.11. The number of hydrogen-bond donors (Lipinski definition) is 5. The van der Waals surface area contributed by atoms with E-state index in [-0.39, 0.29) is 5.69 Å². The summed E-state index contributed by atoms with van der Waals surface area (Å²) in [5.74, 6) is 0. The molecule has 0 aromatic carbocycles. The van der Waals surface area contributed by atoms with Gasteiger partial charge < -0.3 is 25.0 Å². The number of aromatic amines is 1. The van der Waals surface area contributed by atoms with Crippen LogP contribution in [0.3, 0.4) is 0 Å². The van der Waals surface area contributed by atoms with Crippen molar-refractivity contribution in [3.05, 3.63) is 28.4 Å². The number of nitrogens with zero attached hydrogens (tertiary/aromatic N) is 1. The number of H-pyrrole nitrogens is 1. The molecule has 1 saturated heterocycles. The van der Waals surface area contributed by atoms with Crippen molar-refractivity contribution < 1.29 is 20.1 Å². The Bertz CT molecular complexity index is 731. The zero-order valence-electron chi connectivity index (χ0n) is 21.7. The van der Waals surface area contributed by atoms with Crippen molar-refractivity contribution in [3.8, 4) is 0 Å². The largest absolute Gasteiger partial charge is 0.392 e. The van der Waals surface area contributed by atoms with Gasteiger partial charge in [0.2, 0.25) is 0 Å². The maximum Gasteiger partial charge on any atom is 0.345 e. The van der Waals surface area contributed by atoms with Crippen LogP contribution in [0.4, 0.5) is 0 Å². The highest BCUT2D eigenvalue weighted by molar-refractivity contribution is 5.12. The van der Waals surface area contributed by atoms with Crippen molar-refractivity contribution in [2.75, 3.05) is 13.2 Å². The molecular formula is C27H49N3O5. The zero-order valence-corrected chi connectivity index (χ0v) is 21.7. The first-order valence-corrected chi connectivity index (χ1v) is 14.0. The van der Waals surface area contributed by atoms with E-state index < -0.39 is 36.3 Å². The summed E-state index contributed by atoms with van der Waals surface area (Å²) in [7, 11) is 0. The Kier molecular flexibility index (Phi) is 14.7. The summed E-state index contributed by atoms with van der Waals surface area (Å²) in [6.07, 6.45) is 18.6. The highest BCUT2D eigenvalue weighted by Gasteiger charge is 2.54. The number of unbranched alkanes of at least 4 members (excludes halogenated alkanes) is 15. The number of aliphatic hydroxyl groups excluding tert-OH is 3. The minimum absolute atomic E-state index is 0.222. The average molecular weight is 496 g/mol. The summed E-state index contributed by atoms with van der Waals surface area (Å²) in [6.45, 7) is 2.32.